The first-order valence-corrected chi connectivity index (χ1v) is 12.3. The third kappa shape index (κ3) is 3.32. The third-order valence-corrected chi connectivity index (χ3v) is 9.74. The van der Waals surface area contributed by atoms with Crippen molar-refractivity contribution in [3.8, 4) is 0 Å². The molecule has 2 N–H and O–H groups in total. The minimum Gasteiger partial charge on any atom is -0.450 e. The number of allylic oxidation sites excluding steroid dienone is 1. The van der Waals surface area contributed by atoms with Gasteiger partial charge < -0.3 is 14.9 Å². The molecule has 0 bridgehead atoms. The van der Waals surface area contributed by atoms with Gasteiger partial charge in [-0.2, -0.15) is 0 Å². The number of ether oxygens (including phenoxy) is 1. The molecule has 0 aliphatic heterocycles. The van der Waals surface area contributed by atoms with Crippen molar-refractivity contribution in [2.45, 2.75) is 90.8 Å². The number of hydrogen-bond donors (Lipinski definition) is 2. The standard InChI is InChI=1S/C26H38O6/c1-15-11-18-19(24(3)8-5-17(29)13-21(15)24)6-9-25(4)20(18)7-10-26(25,22(30)14-27)32-23(31)12-16(2)28/h13,15-16,18-20,27-28H,5-12,14H2,1-4H3/t15-,16?,18+,19-,20-,24+,25-,26-/m0/s1. The van der Waals surface area contributed by atoms with Crippen LogP contribution in [0, 0.1) is 34.5 Å². The summed E-state index contributed by atoms with van der Waals surface area (Å²) >= 11 is 0. The molecule has 0 aromatic carbocycles. The van der Waals surface area contributed by atoms with Crippen LogP contribution in [0.25, 0.3) is 0 Å². The molecule has 0 radical (unpaired) electrons. The molecule has 3 saturated carbocycles. The van der Waals surface area contributed by atoms with Gasteiger partial charge in [0.15, 0.2) is 11.4 Å². The molecule has 3 fully saturated rings. The molecule has 6 nitrogen and oxygen atoms in total. The molecule has 4 aliphatic rings. The summed E-state index contributed by atoms with van der Waals surface area (Å²) in [5.74, 6) is 0.613. The molecule has 178 valence electrons. The van der Waals surface area contributed by atoms with Crippen LogP contribution in [0.1, 0.15) is 79.1 Å². The lowest BCUT2D eigenvalue weighted by Gasteiger charge is -2.60. The number of hydrogen-bond acceptors (Lipinski definition) is 6. The zero-order valence-corrected chi connectivity index (χ0v) is 19.9. The number of carbonyl (C=O) groups excluding carboxylic acids is 3. The number of aliphatic hydroxyl groups is 2. The Kier molecular flexibility index (Phi) is 5.94. The van der Waals surface area contributed by atoms with Gasteiger partial charge in [0.2, 0.25) is 5.78 Å². The van der Waals surface area contributed by atoms with Gasteiger partial charge in [0.25, 0.3) is 0 Å². The molecule has 4 aliphatic carbocycles. The van der Waals surface area contributed by atoms with E-state index in [1.807, 2.05) is 6.08 Å². The zero-order chi connectivity index (χ0) is 23.5. The van der Waals surface area contributed by atoms with E-state index < -0.39 is 35.5 Å². The average Bonchev–Trinajstić information content (AvgIpc) is 3.01. The maximum atomic E-state index is 13.1. The van der Waals surface area contributed by atoms with Crippen molar-refractivity contribution in [2.75, 3.05) is 6.61 Å². The smallest absolute Gasteiger partial charge is 0.309 e. The van der Waals surface area contributed by atoms with E-state index in [2.05, 4.69) is 20.8 Å². The Hall–Kier alpha value is -1.53. The fraction of sp³-hybridized carbons (Fsp3) is 0.808. The highest BCUT2D eigenvalue weighted by molar-refractivity contribution is 5.92. The summed E-state index contributed by atoms with van der Waals surface area (Å²) < 4.78 is 5.92. The molecule has 8 atom stereocenters. The first kappa shape index (κ1) is 23.6. The highest BCUT2D eigenvalue weighted by Gasteiger charge is 2.68. The number of carbonyl (C=O) groups is 3. The molecule has 6 heteroatoms. The topological polar surface area (TPSA) is 101 Å². The van der Waals surface area contributed by atoms with Crippen molar-refractivity contribution in [1.29, 1.82) is 0 Å². The summed E-state index contributed by atoms with van der Waals surface area (Å²) in [6.45, 7) is 7.49. The van der Waals surface area contributed by atoms with Gasteiger partial charge in [0.1, 0.15) is 6.61 Å². The number of esters is 1. The molecule has 1 unspecified atom stereocenters. The molecular formula is C26H38O6. The molecule has 0 aromatic rings. The normalized spacial score (nSPS) is 44.1. The van der Waals surface area contributed by atoms with Gasteiger partial charge in [0.05, 0.1) is 12.5 Å². The van der Waals surface area contributed by atoms with E-state index in [9.17, 15) is 24.6 Å². The summed E-state index contributed by atoms with van der Waals surface area (Å²) in [6.07, 6.45) is 6.24. The lowest BCUT2D eigenvalue weighted by Crippen LogP contribution is -2.60. The maximum absolute atomic E-state index is 13.1. The summed E-state index contributed by atoms with van der Waals surface area (Å²) in [6, 6.07) is 0. The number of fused-ring (bicyclic) bond motifs is 5. The second-order valence-electron chi connectivity index (χ2n) is 11.4. The molecule has 0 amide bonds. The Morgan fingerprint density at radius 2 is 1.88 bits per heavy atom. The Bertz CT molecular complexity index is 845. The van der Waals surface area contributed by atoms with Gasteiger partial charge in [-0.25, -0.2) is 0 Å². The molecule has 0 heterocycles. The van der Waals surface area contributed by atoms with Gasteiger partial charge in [-0.3, -0.25) is 14.4 Å². The highest BCUT2D eigenvalue weighted by Crippen LogP contribution is 2.69. The first-order valence-electron chi connectivity index (χ1n) is 12.3. The predicted molar refractivity (Wildman–Crippen MR) is 118 cm³/mol. The van der Waals surface area contributed by atoms with Gasteiger partial charge in [-0.1, -0.05) is 26.3 Å². The average molecular weight is 447 g/mol. The van der Waals surface area contributed by atoms with Crippen LogP contribution < -0.4 is 0 Å². The van der Waals surface area contributed by atoms with Crippen LogP contribution >= 0.6 is 0 Å². The van der Waals surface area contributed by atoms with Crippen LogP contribution in [-0.4, -0.2) is 46.1 Å². The minimum absolute atomic E-state index is 0.00675. The van der Waals surface area contributed by atoms with E-state index in [-0.39, 0.29) is 23.5 Å². The van der Waals surface area contributed by atoms with E-state index in [1.54, 1.807) is 0 Å². The second-order valence-corrected chi connectivity index (χ2v) is 11.4. The van der Waals surface area contributed by atoms with E-state index in [0.29, 0.717) is 30.6 Å². The molecule has 32 heavy (non-hydrogen) atoms. The van der Waals surface area contributed by atoms with Crippen molar-refractivity contribution in [2.24, 2.45) is 34.5 Å². The lowest BCUT2D eigenvalue weighted by atomic mass is 9.44. The Morgan fingerprint density at radius 3 is 2.53 bits per heavy atom. The predicted octanol–water partition coefficient (Wildman–Crippen LogP) is 3.38. The summed E-state index contributed by atoms with van der Waals surface area (Å²) in [7, 11) is 0. The van der Waals surface area contributed by atoms with Crippen LogP contribution in [0.15, 0.2) is 11.6 Å². The number of rotatable bonds is 5. The van der Waals surface area contributed by atoms with Gasteiger partial charge >= 0.3 is 5.97 Å². The summed E-state index contributed by atoms with van der Waals surface area (Å²) in [4.78, 5) is 37.9. The SMILES string of the molecule is CC(O)CC(=O)O[C@]1(C(=O)CO)CC[C@H]2[C@@H]3C[C@H](C)C4=CC(=O)CC[C@]4(C)[C@H]3CC[C@@]21C. The second kappa shape index (κ2) is 8.05. The Balaban J connectivity index is 1.69. The van der Waals surface area contributed by atoms with Crippen molar-refractivity contribution >= 4 is 17.5 Å². The van der Waals surface area contributed by atoms with Crippen molar-refractivity contribution < 1.29 is 29.3 Å². The largest absolute Gasteiger partial charge is 0.450 e. The van der Waals surface area contributed by atoms with Gasteiger partial charge in [-0.15, -0.1) is 0 Å². The Labute approximate surface area is 190 Å². The number of Topliss-reactive ketones (excluding diaryl/α,β-unsaturated/α-hetero) is 1. The summed E-state index contributed by atoms with van der Waals surface area (Å²) in [5.41, 5.74) is -0.555. The van der Waals surface area contributed by atoms with Crippen molar-refractivity contribution in [1.82, 2.24) is 0 Å². The van der Waals surface area contributed by atoms with Crippen LogP contribution in [0.4, 0.5) is 0 Å². The van der Waals surface area contributed by atoms with E-state index >= 15 is 0 Å². The third-order valence-electron chi connectivity index (χ3n) is 9.74. The summed E-state index contributed by atoms with van der Waals surface area (Å²) in [5, 5.41) is 19.5. The molecule has 0 aromatic heterocycles. The molecule has 0 saturated heterocycles. The number of ketones is 2. The van der Waals surface area contributed by atoms with E-state index in [0.717, 1.165) is 32.1 Å². The van der Waals surface area contributed by atoms with Crippen LogP contribution in [0.2, 0.25) is 0 Å². The van der Waals surface area contributed by atoms with Gasteiger partial charge in [-0.05, 0) is 80.6 Å². The maximum Gasteiger partial charge on any atom is 0.309 e. The highest BCUT2D eigenvalue weighted by atomic mass is 16.6. The van der Waals surface area contributed by atoms with Crippen molar-refractivity contribution in [3.63, 3.8) is 0 Å². The van der Waals surface area contributed by atoms with Gasteiger partial charge in [0, 0.05) is 11.8 Å². The lowest BCUT2D eigenvalue weighted by molar-refractivity contribution is -0.193. The number of aliphatic hydroxyl groups excluding tert-OH is 2. The quantitative estimate of drug-likeness (QED) is 0.628. The van der Waals surface area contributed by atoms with Crippen LogP contribution in [0.3, 0.4) is 0 Å². The molecule has 4 rings (SSSR count). The Morgan fingerprint density at radius 1 is 1.19 bits per heavy atom. The monoisotopic (exact) mass is 446 g/mol. The van der Waals surface area contributed by atoms with Crippen LogP contribution in [0.5, 0.6) is 0 Å². The van der Waals surface area contributed by atoms with E-state index in [1.165, 1.54) is 12.5 Å². The van der Waals surface area contributed by atoms with Crippen LogP contribution in [-0.2, 0) is 19.1 Å². The fourth-order valence-electron chi connectivity index (χ4n) is 8.27. The van der Waals surface area contributed by atoms with Crippen molar-refractivity contribution in [3.05, 3.63) is 11.6 Å². The molecule has 0 spiro atoms. The molecular weight excluding hydrogens is 408 g/mol. The van der Waals surface area contributed by atoms with E-state index in [4.69, 9.17) is 4.74 Å². The fourth-order valence-corrected chi connectivity index (χ4v) is 8.27. The minimum atomic E-state index is -1.33. The zero-order valence-electron chi connectivity index (χ0n) is 19.9. The first-order chi connectivity index (χ1) is 15.0.